The third-order valence-corrected chi connectivity index (χ3v) is 1.77. The molecular weight excluding hydrogens is 178 g/mol. The van der Waals surface area contributed by atoms with E-state index in [0.717, 1.165) is 5.56 Å². The molecular formula is C11H13NO2. The molecule has 0 fully saturated rings. The number of allylic oxidation sites excluding steroid dienone is 1. The highest BCUT2D eigenvalue weighted by Gasteiger charge is 1.94. The SMILES string of the molecule is O=C(CC/C=C/c1ccccc1)NO. The molecule has 3 nitrogen and oxygen atoms in total. The number of hydroxylamine groups is 1. The summed E-state index contributed by atoms with van der Waals surface area (Å²) in [5.74, 6) is -0.359. The largest absolute Gasteiger partial charge is 0.289 e. The molecule has 3 heteroatoms. The molecule has 0 saturated heterocycles. The molecule has 0 aliphatic heterocycles. The summed E-state index contributed by atoms with van der Waals surface area (Å²) in [4.78, 5) is 10.6. The number of amides is 1. The molecule has 1 aromatic carbocycles. The first kappa shape index (κ1) is 10.5. The fourth-order valence-electron chi connectivity index (χ4n) is 1.05. The third-order valence-electron chi connectivity index (χ3n) is 1.77. The molecule has 14 heavy (non-hydrogen) atoms. The molecule has 0 atom stereocenters. The Morgan fingerprint density at radius 3 is 2.71 bits per heavy atom. The zero-order chi connectivity index (χ0) is 10.2. The minimum absolute atomic E-state index is 0.305. The van der Waals surface area contributed by atoms with Crippen LogP contribution in [-0.2, 0) is 4.79 Å². The van der Waals surface area contributed by atoms with Gasteiger partial charge in [0.25, 0.3) is 0 Å². The van der Waals surface area contributed by atoms with Crippen LogP contribution in [0.1, 0.15) is 18.4 Å². The van der Waals surface area contributed by atoms with Gasteiger partial charge in [-0.15, -0.1) is 0 Å². The van der Waals surface area contributed by atoms with Crippen LogP contribution in [0.2, 0.25) is 0 Å². The quantitative estimate of drug-likeness (QED) is 0.564. The summed E-state index contributed by atoms with van der Waals surface area (Å²) < 4.78 is 0. The number of carbonyl (C=O) groups is 1. The highest BCUT2D eigenvalue weighted by Crippen LogP contribution is 2.02. The number of hydrogen-bond donors (Lipinski definition) is 2. The van der Waals surface area contributed by atoms with Crippen LogP contribution in [0.4, 0.5) is 0 Å². The lowest BCUT2D eigenvalue weighted by Crippen LogP contribution is -2.17. The maximum absolute atomic E-state index is 10.6. The van der Waals surface area contributed by atoms with Crippen LogP contribution in [-0.4, -0.2) is 11.1 Å². The van der Waals surface area contributed by atoms with E-state index in [1.807, 2.05) is 42.5 Å². The minimum Gasteiger partial charge on any atom is -0.289 e. The topological polar surface area (TPSA) is 49.3 Å². The predicted octanol–water partition coefficient (Wildman–Crippen LogP) is 1.99. The molecule has 2 N–H and O–H groups in total. The van der Waals surface area contributed by atoms with Gasteiger partial charge in [-0.3, -0.25) is 10.0 Å². The van der Waals surface area contributed by atoms with E-state index in [-0.39, 0.29) is 5.91 Å². The van der Waals surface area contributed by atoms with Gasteiger partial charge in [-0.1, -0.05) is 42.5 Å². The normalized spacial score (nSPS) is 10.4. The van der Waals surface area contributed by atoms with E-state index in [9.17, 15) is 4.79 Å². The first-order chi connectivity index (χ1) is 6.83. The average Bonchev–Trinajstić information content (AvgIpc) is 2.25. The second-order valence-corrected chi connectivity index (χ2v) is 2.89. The molecule has 0 unspecified atom stereocenters. The van der Waals surface area contributed by atoms with Crippen LogP contribution in [0.25, 0.3) is 6.08 Å². The summed E-state index contributed by atoms with van der Waals surface area (Å²) >= 11 is 0. The lowest BCUT2D eigenvalue weighted by atomic mass is 10.2. The fraction of sp³-hybridized carbons (Fsp3) is 0.182. The van der Waals surface area contributed by atoms with Crippen molar-refractivity contribution >= 4 is 12.0 Å². The predicted molar refractivity (Wildman–Crippen MR) is 54.6 cm³/mol. The van der Waals surface area contributed by atoms with Gasteiger partial charge < -0.3 is 0 Å². The van der Waals surface area contributed by atoms with Gasteiger partial charge in [0.2, 0.25) is 5.91 Å². The van der Waals surface area contributed by atoms with Gasteiger partial charge in [-0.2, -0.15) is 0 Å². The number of hydrogen-bond acceptors (Lipinski definition) is 2. The molecule has 0 radical (unpaired) electrons. The van der Waals surface area contributed by atoms with Crippen molar-refractivity contribution in [2.45, 2.75) is 12.8 Å². The van der Waals surface area contributed by atoms with Gasteiger partial charge in [0.1, 0.15) is 0 Å². The van der Waals surface area contributed by atoms with E-state index in [0.29, 0.717) is 12.8 Å². The smallest absolute Gasteiger partial charge is 0.243 e. The Labute approximate surface area is 83.0 Å². The molecule has 0 heterocycles. The van der Waals surface area contributed by atoms with Gasteiger partial charge in [-0.25, -0.2) is 5.48 Å². The zero-order valence-electron chi connectivity index (χ0n) is 7.81. The lowest BCUT2D eigenvalue weighted by molar-refractivity contribution is -0.129. The molecule has 0 bridgehead atoms. The molecule has 1 aromatic rings. The first-order valence-corrected chi connectivity index (χ1v) is 4.47. The van der Waals surface area contributed by atoms with Crippen molar-refractivity contribution < 1.29 is 10.0 Å². The summed E-state index contributed by atoms with van der Waals surface area (Å²) in [6.07, 6.45) is 4.79. The Balaban J connectivity index is 2.31. The molecule has 0 saturated carbocycles. The third kappa shape index (κ3) is 3.87. The Morgan fingerprint density at radius 1 is 1.36 bits per heavy atom. The molecule has 0 aliphatic rings. The number of carbonyl (C=O) groups excluding carboxylic acids is 1. The van der Waals surface area contributed by atoms with Crippen LogP contribution in [0.5, 0.6) is 0 Å². The molecule has 1 rings (SSSR count). The highest BCUT2D eigenvalue weighted by atomic mass is 16.5. The Hall–Kier alpha value is -1.61. The van der Waals surface area contributed by atoms with Crippen molar-refractivity contribution in [1.82, 2.24) is 5.48 Å². The maximum atomic E-state index is 10.6. The maximum Gasteiger partial charge on any atom is 0.243 e. The van der Waals surface area contributed by atoms with E-state index < -0.39 is 0 Å². The molecule has 0 aromatic heterocycles. The second kappa shape index (κ2) is 5.94. The standard InChI is InChI=1S/C11H13NO2/c13-11(12-14)9-5-4-8-10-6-2-1-3-7-10/h1-4,6-8,14H,5,9H2,(H,12,13)/b8-4+. The second-order valence-electron chi connectivity index (χ2n) is 2.89. The Bertz CT molecular complexity index is 306. The molecule has 74 valence electrons. The van der Waals surface area contributed by atoms with Crippen LogP contribution in [0.15, 0.2) is 36.4 Å². The van der Waals surface area contributed by atoms with Crippen LogP contribution >= 0.6 is 0 Å². The van der Waals surface area contributed by atoms with Gasteiger partial charge in [-0.05, 0) is 12.0 Å². The van der Waals surface area contributed by atoms with Crippen molar-refractivity contribution in [2.24, 2.45) is 0 Å². The Kier molecular flexibility index (Phi) is 4.44. The summed E-state index contributed by atoms with van der Waals surface area (Å²) in [7, 11) is 0. The summed E-state index contributed by atoms with van der Waals surface area (Å²) in [5.41, 5.74) is 2.70. The average molecular weight is 191 g/mol. The van der Waals surface area contributed by atoms with Crippen molar-refractivity contribution in [2.75, 3.05) is 0 Å². The van der Waals surface area contributed by atoms with Crippen LogP contribution < -0.4 is 5.48 Å². The van der Waals surface area contributed by atoms with Gasteiger partial charge in [0, 0.05) is 6.42 Å². The molecule has 0 spiro atoms. The number of benzene rings is 1. The van der Waals surface area contributed by atoms with Crippen molar-refractivity contribution in [3.05, 3.63) is 42.0 Å². The first-order valence-electron chi connectivity index (χ1n) is 4.47. The molecule has 1 amide bonds. The fourth-order valence-corrected chi connectivity index (χ4v) is 1.05. The van der Waals surface area contributed by atoms with Gasteiger partial charge >= 0.3 is 0 Å². The van der Waals surface area contributed by atoms with E-state index in [2.05, 4.69) is 0 Å². The number of rotatable bonds is 4. The van der Waals surface area contributed by atoms with Crippen LogP contribution in [0.3, 0.4) is 0 Å². The summed E-state index contributed by atoms with van der Waals surface area (Å²) in [6.45, 7) is 0. The Morgan fingerprint density at radius 2 is 2.07 bits per heavy atom. The van der Waals surface area contributed by atoms with Crippen LogP contribution in [0, 0.1) is 0 Å². The minimum atomic E-state index is -0.359. The zero-order valence-corrected chi connectivity index (χ0v) is 7.81. The molecule has 0 aliphatic carbocycles. The van der Waals surface area contributed by atoms with E-state index in [1.165, 1.54) is 0 Å². The van der Waals surface area contributed by atoms with Crippen molar-refractivity contribution in [3.63, 3.8) is 0 Å². The lowest BCUT2D eigenvalue weighted by Gasteiger charge is -1.94. The van der Waals surface area contributed by atoms with E-state index in [4.69, 9.17) is 5.21 Å². The summed E-state index contributed by atoms with van der Waals surface area (Å²) in [5, 5.41) is 8.23. The highest BCUT2D eigenvalue weighted by molar-refractivity contribution is 5.74. The van der Waals surface area contributed by atoms with Crippen molar-refractivity contribution in [3.8, 4) is 0 Å². The monoisotopic (exact) mass is 191 g/mol. The van der Waals surface area contributed by atoms with Gasteiger partial charge in [0.15, 0.2) is 0 Å². The van der Waals surface area contributed by atoms with Crippen molar-refractivity contribution in [1.29, 1.82) is 0 Å². The van der Waals surface area contributed by atoms with E-state index >= 15 is 0 Å². The number of nitrogens with one attached hydrogen (secondary N) is 1. The summed E-state index contributed by atoms with van der Waals surface area (Å²) in [6, 6.07) is 9.85. The van der Waals surface area contributed by atoms with E-state index in [1.54, 1.807) is 5.48 Å². The van der Waals surface area contributed by atoms with Gasteiger partial charge in [0.05, 0.1) is 0 Å².